The molecule has 2 aromatic rings. The Morgan fingerprint density at radius 1 is 1.17 bits per heavy atom. The summed E-state index contributed by atoms with van der Waals surface area (Å²) in [6.45, 7) is 0. The van der Waals surface area contributed by atoms with Gasteiger partial charge in [0.05, 0.1) is 0 Å². The summed E-state index contributed by atoms with van der Waals surface area (Å²) in [5.74, 6) is -0.234. The van der Waals surface area contributed by atoms with E-state index < -0.39 is 5.97 Å². The molecule has 0 spiro atoms. The number of rotatable bonds is 3. The van der Waals surface area contributed by atoms with Gasteiger partial charge in [0, 0.05) is 15.3 Å². The summed E-state index contributed by atoms with van der Waals surface area (Å²) in [6.07, 6.45) is 0. The molecular weight excluding hydrogens is 345 g/mol. The van der Waals surface area contributed by atoms with Crippen molar-refractivity contribution in [2.75, 3.05) is 5.73 Å². The predicted molar refractivity (Wildman–Crippen MR) is 77.0 cm³/mol. The largest absolute Gasteiger partial charge is 0.478 e. The highest BCUT2D eigenvalue weighted by Gasteiger charge is 2.12. The summed E-state index contributed by atoms with van der Waals surface area (Å²) in [5, 5.41) is 9.06. The normalized spacial score (nSPS) is 10.1. The third kappa shape index (κ3) is 2.92. The highest BCUT2D eigenvalue weighted by atomic mass is 127. The summed E-state index contributed by atoms with van der Waals surface area (Å²) in [5.41, 5.74) is 6.18. The second kappa shape index (κ2) is 5.26. The van der Waals surface area contributed by atoms with Crippen LogP contribution in [-0.2, 0) is 0 Å². The third-order valence-corrected chi connectivity index (χ3v) is 3.00. The fraction of sp³-hybridized carbons (Fsp3) is 0. The van der Waals surface area contributed by atoms with Crippen LogP contribution in [0.4, 0.5) is 5.69 Å². The quantitative estimate of drug-likeness (QED) is 0.654. The van der Waals surface area contributed by atoms with Crippen molar-refractivity contribution >= 4 is 34.2 Å². The Morgan fingerprint density at radius 2 is 1.83 bits per heavy atom. The number of nitrogens with two attached hydrogens (primary N) is 1. The Labute approximate surface area is 118 Å². The van der Waals surface area contributed by atoms with E-state index in [-0.39, 0.29) is 11.3 Å². The van der Waals surface area contributed by atoms with Crippen molar-refractivity contribution in [2.45, 2.75) is 0 Å². The zero-order valence-electron chi connectivity index (χ0n) is 9.26. The van der Waals surface area contributed by atoms with Gasteiger partial charge in [-0.15, -0.1) is 0 Å². The van der Waals surface area contributed by atoms with Crippen LogP contribution >= 0.6 is 22.6 Å². The lowest BCUT2D eigenvalue weighted by Gasteiger charge is -2.09. The molecule has 0 heterocycles. The first-order chi connectivity index (χ1) is 8.56. The average Bonchev–Trinajstić information content (AvgIpc) is 2.32. The maximum absolute atomic E-state index is 11.1. The lowest BCUT2D eigenvalue weighted by atomic mass is 10.2. The summed E-state index contributed by atoms with van der Waals surface area (Å²) in [6, 6.07) is 11.8. The van der Waals surface area contributed by atoms with E-state index in [1.165, 1.54) is 18.2 Å². The molecule has 0 aromatic heterocycles. The lowest BCUT2D eigenvalue weighted by Crippen LogP contribution is -2.01. The van der Waals surface area contributed by atoms with Gasteiger partial charge in [-0.25, -0.2) is 4.79 Å². The maximum atomic E-state index is 11.1. The van der Waals surface area contributed by atoms with E-state index in [0.717, 1.165) is 3.57 Å². The number of ether oxygens (including phenoxy) is 1. The van der Waals surface area contributed by atoms with Crippen molar-refractivity contribution in [2.24, 2.45) is 0 Å². The van der Waals surface area contributed by atoms with E-state index in [0.29, 0.717) is 11.4 Å². The second-order valence-corrected chi connectivity index (χ2v) is 4.86. The summed E-state index contributed by atoms with van der Waals surface area (Å²) in [7, 11) is 0. The lowest BCUT2D eigenvalue weighted by molar-refractivity contribution is 0.0694. The van der Waals surface area contributed by atoms with Crippen molar-refractivity contribution < 1.29 is 14.6 Å². The first-order valence-corrected chi connectivity index (χ1v) is 6.20. The molecule has 2 rings (SSSR count). The van der Waals surface area contributed by atoms with Crippen LogP contribution < -0.4 is 10.5 Å². The van der Waals surface area contributed by atoms with Gasteiger partial charge in [-0.2, -0.15) is 0 Å². The highest BCUT2D eigenvalue weighted by Crippen LogP contribution is 2.28. The number of carbonyl (C=O) groups is 1. The summed E-state index contributed by atoms with van der Waals surface area (Å²) >= 11 is 2.18. The fourth-order valence-electron chi connectivity index (χ4n) is 1.43. The molecule has 2 aromatic carbocycles. The van der Waals surface area contributed by atoms with Crippen molar-refractivity contribution in [3.63, 3.8) is 0 Å². The molecule has 0 aliphatic rings. The monoisotopic (exact) mass is 355 g/mol. The molecule has 0 saturated carbocycles. The number of aromatic carboxylic acids is 1. The Bertz CT molecular complexity index is 581. The van der Waals surface area contributed by atoms with Gasteiger partial charge in [-0.1, -0.05) is 0 Å². The molecule has 0 amide bonds. The van der Waals surface area contributed by atoms with Crippen LogP contribution in [0.1, 0.15) is 10.4 Å². The van der Waals surface area contributed by atoms with Gasteiger partial charge in [-0.3, -0.25) is 0 Å². The molecule has 0 unspecified atom stereocenters. The fourth-order valence-corrected chi connectivity index (χ4v) is 1.79. The van der Waals surface area contributed by atoms with E-state index in [1.807, 2.05) is 12.1 Å². The molecule has 92 valence electrons. The Morgan fingerprint density at radius 3 is 2.44 bits per heavy atom. The molecule has 5 heteroatoms. The number of benzene rings is 2. The van der Waals surface area contributed by atoms with Crippen LogP contribution in [0.3, 0.4) is 0 Å². The maximum Gasteiger partial charge on any atom is 0.339 e. The van der Waals surface area contributed by atoms with Crippen molar-refractivity contribution in [1.82, 2.24) is 0 Å². The van der Waals surface area contributed by atoms with E-state index in [1.54, 1.807) is 12.1 Å². The Balaban J connectivity index is 2.35. The molecule has 4 nitrogen and oxygen atoms in total. The number of hydrogen-bond acceptors (Lipinski definition) is 3. The molecule has 0 bridgehead atoms. The van der Waals surface area contributed by atoms with E-state index >= 15 is 0 Å². The minimum Gasteiger partial charge on any atom is -0.478 e. The van der Waals surface area contributed by atoms with Gasteiger partial charge in [-0.05, 0) is 59.0 Å². The van der Waals surface area contributed by atoms with Crippen LogP contribution in [0.25, 0.3) is 0 Å². The van der Waals surface area contributed by atoms with Gasteiger partial charge < -0.3 is 15.6 Å². The van der Waals surface area contributed by atoms with Crippen molar-refractivity contribution in [1.29, 1.82) is 0 Å². The number of anilines is 1. The van der Waals surface area contributed by atoms with Crippen molar-refractivity contribution in [3.05, 3.63) is 51.6 Å². The molecule has 0 aliphatic heterocycles. The molecule has 0 atom stereocenters. The molecule has 3 N–H and O–H groups in total. The van der Waals surface area contributed by atoms with E-state index in [4.69, 9.17) is 15.6 Å². The van der Waals surface area contributed by atoms with Gasteiger partial charge in [0.1, 0.15) is 17.1 Å². The average molecular weight is 355 g/mol. The molecule has 0 aliphatic carbocycles. The van der Waals surface area contributed by atoms with Crippen LogP contribution in [0.15, 0.2) is 42.5 Å². The molecule has 18 heavy (non-hydrogen) atoms. The predicted octanol–water partition coefficient (Wildman–Crippen LogP) is 3.36. The van der Waals surface area contributed by atoms with E-state index in [9.17, 15) is 4.79 Å². The zero-order chi connectivity index (χ0) is 13.1. The van der Waals surface area contributed by atoms with Gasteiger partial charge in [0.2, 0.25) is 0 Å². The first-order valence-electron chi connectivity index (χ1n) is 5.12. The number of carboxylic acids is 1. The molecule has 0 saturated heterocycles. The van der Waals surface area contributed by atoms with Gasteiger partial charge in [0.15, 0.2) is 0 Å². The van der Waals surface area contributed by atoms with Crippen molar-refractivity contribution in [3.8, 4) is 11.5 Å². The molecular formula is C13H10INO3. The highest BCUT2D eigenvalue weighted by molar-refractivity contribution is 14.1. The topological polar surface area (TPSA) is 72.6 Å². The number of hydrogen-bond donors (Lipinski definition) is 2. The summed E-state index contributed by atoms with van der Waals surface area (Å²) in [4.78, 5) is 11.1. The third-order valence-electron chi connectivity index (χ3n) is 2.28. The first kappa shape index (κ1) is 12.7. The minimum atomic E-state index is -1.05. The Hall–Kier alpha value is -1.76. The Kier molecular flexibility index (Phi) is 3.71. The van der Waals surface area contributed by atoms with Gasteiger partial charge in [0.25, 0.3) is 0 Å². The number of halogens is 1. The second-order valence-electron chi connectivity index (χ2n) is 3.62. The van der Waals surface area contributed by atoms with Crippen LogP contribution in [0.2, 0.25) is 0 Å². The van der Waals surface area contributed by atoms with Crippen LogP contribution in [-0.4, -0.2) is 11.1 Å². The van der Waals surface area contributed by atoms with Crippen LogP contribution in [0, 0.1) is 3.57 Å². The van der Waals surface area contributed by atoms with E-state index in [2.05, 4.69) is 22.6 Å². The number of carboxylic acid groups (broad SMARTS) is 1. The zero-order valence-corrected chi connectivity index (χ0v) is 11.4. The molecule has 0 fully saturated rings. The minimum absolute atomic E-state index is 0.0859. The summed E-state index contributed by atoms with van der Waals surface area (Å²) < 4.78 is 6.62. The smallest absolute Gasteiger partial charge is 0.339 e. The standard InChI is InChI=1S/C13H10INO3/c14-8-1-4-10(5-2-8)18-12-7-9(15)3-6-11(12)13(16)17/h1-7H,15H2,(H,16,17). The molecule has 0 radical (unpaired) electrons. The van der Waals surface area contributed by atoms with Crippen LogP contribution in [0.5, 0.6) is 11.5 Å². The SMILES string of the molecule is Nc1ccc(C(=O)O)c(Oc2ccc(I)cc2)c1. The van der Waals surface area contributed by atoms with Gasteiger partial charge >= 0.3 is 5.97 Å². The number of nitrogen functional groups attached to an aromatic ring is 1.